The fraction of sp³-hybridized carbons (Fsp3) is 0.400. The van der Waals surface area contributed by atoms with Crippen molar-refractivity contribution in [2.24, 2.45) is 0 Å². The van der Waals surface area contributed by atoms with E-state index in [1.54, 1.807) is 5.38 Å². The third-order valence-electron chi connectivity index (χ3n) is 5.34. The van der Waals surface area contributed by atoms with Gasteiger partial charge in [-0.2, -0.15) is 13.2 Å². The number of benzene rings is 1. The Labute approximate surface area is 216 Å². The van der Waals surface area contributed by atoms with Crippen LogP contribution in [0.5, 0.6) is 5.75 Å². The number of thiazole rings is 1. The number of nitrogens with one attached hydrogen (secondary N) is 1. The zero-order valence-electron chi connectivity index (χ0n) is 20.0. The fourth-order valence-electron chi connectivity index (χ4n) is 3.45. The van der Waals surface area contributed by atoms with Gasteiger partial charge in [0.2, 0.25) is 0 Å². The first-order chi connectivity index (χ1) is 17.2. The van der Waals surface area contributed by atoms with Crippen molar-refractivity contribution in [3.63, 3.8) is 0 Å². The number of carbonyl (C=O) groups excluding carboxylic acids is 1. The van der Waals surface area contributed by atoms with Crippen molar-refractivity contribution in [2.75, 3.05) is 19.0 Å². The number of carbonyl (C=O) groups is 1. The van der Waals surface area contributed by atoms with Gasteiger partial charge < -0.3 is 14.8 Å². The van der Waals surface area contributed by atoms with Gasteiger partial charge in [0, 0.05) is 22.8 Å². The number of methoxy groups -OCH3 is 1. The first kappa shape index (κ1) is 27.7. The number of alkyl halides is 3. The Morgan fingerprint density at radius 3 is 2.61 bits per heavy atom. The molecule has 0 amide bonds. The molecule has 11 heteroatoms. The van der Waals surface area contributed by atoms with Crippen LogP contribution in [-0.2, 0) is 10.9 Å². The summed E-state index contributed by atoms with van der Waals surface area (Å²) in [5.74, 6) is -0.828. The molecule has 0 aliphatic rings. The van der Waals surface area contributed by atoms with E-state index in [0.717, 1.165) is 31.7 Å². The summed E-state index contributed by atoms with van der Waals surface area (Å²) >= 11 is 7.15. The lowest BCUT2D eigenvalue weighted by molar-refractivity contribution is -0.138. The van der Waals surface area contributed by atoms with E-state index in [1.807, 2.05) is 0 Å². The minimum Gasteiger partial charge on any atom is -0.493 e. The van der Waals surface area contributed by atoms with Gasteiger partial charge in [-0.3, -0.25) is 0 Å². The lowest BCUT2D eigenvalue weighted by atomic mass is 10.1. The van der Waals surface area contributed by atoms with Crippen molar-refractivity contribution in [1.82, 2.24) is 9.97 Å². The SMILES string of the molecule is CCCCCCCCOc1ccc(Nc2nc(-c3cnc(Cl)c(C(=O)OC)c3)cs2)cc1C(F)(F)F. The Kier molecular flexibility index (Phi) is 9.95. The van der Waals surface area contributed by atoms with Crippen molar-refractivity contribution in [2.45, 2.75) is 51.6 Å². The van der Waals surface area contributed by atoms with Crippen molar-refractivity contribution < 1.29 is 27.4 Å². The molecule has 0 saturated heterocycles. The monoisotopic (exact) mass is 541 g/mol. The zero-order chi connectivity index (χ0) is 26.1. The number of hydrogen-bond donors (Lipinski definition) is 1. The maximum atomic E-state index is 13.7. The van der Waals surface area contributed by atoms with E-state index in [4.69, 9.17) is 21.1 Å². The van der Waals surface area contributed by atoms with E-state index in [1.165, 1.54) is 49.3 Å². The molecular formula is C25H27ClF3N3O3S. The molecule has 0 bridgehead atoms. The van der Waals surface area contributed by atoms with Crippen molar-refractivity contribution in [3.8, 4) is 17.0 Å². The smallest absolute Gasteiger partial charge is 0.420 e. The van der Waals surface area contributed by atoms with Gasteiger partial charge in [0.1, 0.15) is 10.9 Å². The second-order valence-electron chi connectivity index (χ2n) is 8.04. The van der Waals surface area contributed by atoms with E-state index >= 15 is 0 Å². The molecule has 0 aliphatic carbocycles. The fourth-order valence-corrected chi connectivity index (χ4v) is 4.37. The average Bonchev–Trinajstić information content (AvgIpc) is 3.31. The molecule has 1 N–H and O–H groups in total. The van der Waals surface area contributed by atoms with Crippen LogP contribution >= 0.6 is 22.9 Å². The highest BCUT2D eigenvalue weighted by molar-refractivity contribution is 7.14. The Hall–Kier alpha value is -2.85. The van der Waals surface area contributed by atoms with Crippen LogP contribution < -0.4 is 10.1 Å². The third kappa shape index (κ3) is 7.57. The number of anilines is 2. The lowest BCUT2D eigenvalue weighted by Crippen LogP contribution is -2.10. The Balaban J connectivity index is 1.70. The normalized spacial score (nSPS) is 11.4. The molecule has 0 spiro atoms. The van der Waals surface area contributed by atoms with E-state index in [2.05, 4.69) is 22.2 Å². The predicted molar refractivity (Wildman–Crippen MR) is 135 cm³/mol. The molecule has 2 aromatic heterocycles. The van der Waals surface area contributed by atoms with E-state index in [9.17, 15) is 18.0 Å². The molecule has 2 heterocycles. The van der Waals surface area contributed by atoms with E-state index in [0.29, 0.717) is 22.8 Å². The largest absolute Gasteiger partial charge is 0.493 e. The highest BCUT2D eigenvalue weighted by Crippen LogP contribution is 2.39. The molecular weight excluding hydrogens is 515 g/mol. The van der Waals surface area contributed by atoms with Crippen LogP contribution in [0.2, 0.25) is 5.15 Å². The summed E-state index contributed by atoms with van der Waals surface area (Å²) in [6, 6.07) is 5.35. The summed E-state index contributed by atoms with van der Waals surface area (Å²) in [6.07, 6.45) is 3.01. The predicted octanol–water partition coefficient (Wildman–Crippen LogP) is 8.15. The average molecular weight is 542 g/mol. The summed E-state index contributed by atoms with van der Waals surface area (Å²) < 4.78 is 51.3. The summed E-state index contributed by atoms with van der Waals surface area (Å²) in [4.78, 5) is 20.2. The van der Waals surface area contributed by atoms with E-state index < -0.39 is 17.7 Å². The molecule has 194 valence electrons. The number of esters is 1. The van der Waals surface area contributed by atoms with Gasteiger partial charge in [0.05, 0.1) is 30.5 Å². The van der Waals surface area contributed by atoms with E-state index in [-0.39, 0.29) is 28.8 Å². The first-order valence-corrected chi connectivity index (χ1v) is 12.8. The molecule has 3 aromatic rings. The third-order valence-corrected chi connectivity index (χ3v) is 6.39. The van der Waals surface area contributed by atoms with Gasteiger partial charge in [-0.15, -0.1) is 11.3 Å². The van der Waals surface area contributed by atoms with Gasteiger partial charge in [-0.25, -0.2) is 14.8 Å². The highest BCUT2D eigenvalue weighted by atomic mass is 35.5. The summed E-state index contributed by atoms with van der Waals surface area (Å²) in [5.41, 5.74) is 0.454. The first-order valence-electron chi connectivity index (χ1n) is 11.5. The van der Waals surface area contributed by atoms with Gasteiger partial charge in [-0.05, 0) is 30.7 Å². The highest BCUT2D eigenvalue weighted by Gasteiger charge is 2.34. The maximum Gasteiger partial charge on any atom is 0.420 e. The number of aromatic nitrogens is 2. The Bertz CT molecular complexity index is 1170. The van der Waals surface area contributed by atoms with Gasteiger partial charge in [0.15, 0.2) is 5.13 Å². The van der Waals surface area contributed by atoms with Gasteiger partial charge in [-0.1, -0.05) is 50.6 Å². The molecule has 0 radical (unpaired) electrons. The minimum atomic E-state index is -4.57. The lowest BCUT2D eigenvalue weighted by Gasteiger charge is -2.15. The standard InChI is InChI=1S/C25H27ClF3N3O3S/c1-3-4-5-6-7-8-11-35-21-10-9-17(13-19(21)25(27,28)29)31-24-32-20(15-36-24)16-12-18(23(33)34-2)22(26)30-14-16/h9-10,12-15H,3-8,11H2,1-2H3,(H,31,32). The molecule has 3 rings (SSSR count). The summed E-state index contributed by atoms with van der Waals surface area (Å²) in [6.45, 7) is 2.37. The molecule has 0 atom stereocenters. The number of rotatable bonds is 12. The van der Waals surface area contributed by atoms with Gasteiger partial charge in [0.25, 0.3) is 0 Å². The molecule has 1 aromatic carbocycles. The van der Waals surface area contributed by atoms with Crippen LogP contribution in [0.15, 0.2) is 35.8 Å². The van der Waals surface area contributed by atoms with Crippen LogP contribution in [0.1, 0.15) is 61.4 Å². The number of ether oxygens (including phenoxy) is 2. The Morgan fingerprint density at radius 1 is 1.14 bits per heavy atom. The second-order valence-corrected chi connectivity index (χ2v) is 9.26. The number of unbranched alkanes of at least 4 members (excludes halogenated alkanes) is 5. The molecule has 6 nitrogen and oxygen atoms in total. The molecule has 0 saturated carbocycles. The van der Waals surface area contributed by atoms with Gasteiger partial charge >= 0.3 is 12.1 Å². The number of hydrogen-bond acceptors (Lipinski definition) is 7. The molecule has 0 unspecified atom stereocenters. The van der Waals surface area contributed by atoms with Crippen molar-refractivity contribution in [1.29, 1.82) is 0 Å². The minimum absolute atomic E-state index is 0.00217. The number of pyridine rings is 1. The van der Waals surface area contributed by atoms with Crippen molar-refractivity contribution >= 4 is 39.7 Å². The second kappa shape index (κ2) is 12.9. The molecule has 0 fully saturated rings. The number of halogens is 4. The maximum absolute atomic E-state index is 13.7. The van der Waals surface area contributed by atoms with Crippen LogP contribution in [0, 0.1) is 0 Å². The van der Waals surface area contributed by atoms with Crippen LogP contribution in [-0.4, -0.2) is 29.7 Å². The number of nitrogens with zero attached hydrogens (tertiary/aromatic N) is 2. The van der Waals surface area contributed by atoms with Crippen LogP contribution in [0.4, 0.5) is 24.0 Å². The summed E-state index contributed by atoms with van der Waals surface area (Å²) in [5, 5.41) is 4.96. The molecule has 36 heavy (non-hydrogen) atoms. The topological polar surface area (TPSA) is 73.3 Å². The zero-order valence-corrected chi connectivity index (χ0v) is 21.5. The van der Waals surface area contributed by atoms with Crippen LogP contribution in [0.25, 0.3) is 11.3 Å². The van der Waals surface area contributed by atoms with Crippen molar-refractivity contribution in [3.05, 3.63) is 52.1 Å². The summed E-state index contributed by atoms with van der Waals surface area (Å²) in [7, 11) is 1.23. The van der Waals surface area contributed by atoms with Crippen LogP contribution in [0.3, 0.4) is 0 Å². The molecule has 0 aliphatic heterocycles. The quantitative estimate of drug-likeness (QED) is 0.142. The Morgan fingerprint density at radius 2 is 1.89 bits per heavy atom.